The first-order valence-corrected chi connectivity index (χ1v) is 6.58. The zero-order valence-electron chi connectivity index (χ0n) is 11.5. The van der Waals surface area contributed by atoms with E-state index in [9.17, 15) is 14.0 Å². The third-order valence-corrected chi connectivity index (χ3v) is 3.02. The molecule has 0 aromatic heterocycles. The van der Waals surface area contributed by atoms with Crippen LogP contribution in [0.3, 0.4) is 0 Å². The zero-order valence-corrected chi connectivity index (χ0v) is 11.5. The van der Waals surface area contributed by atoms with Crippen LogP contribution >= 0.6 is 0 Å². The maximum Gasteiger partial charge on any atom is 0.315 e. The summed E-state index contributed by atoms with van der Waals surface area (Å²) in [5.74, 6) is -0.419. The summed E-state index contributed by atoms with van der Waals surface area (Å²) in [6.45, 7) is 4.13. The van der Waals surface area contributed by atoms with E-state index in [1.807, 2.05) is 13.8 Å². The number of carbonyl (C=O) groups is 2. The molecule has 0 aliphatic carbocycles. The lowest BCUT2D eigenvalue weighted by molar-refractivity contribution is -0.117. The number of carbonyl (C=O) groups excluding carboxylic acids is 2. The van der Waals surface area contributed by atoms with Gasteiger partial charge in [-0.2, -0.15) is 0 Å². The van der Waals surface area contributed by atoms with Gasteiger partial charge in [0.05, 0.1) is 6.04 Å². The molecule has 1 fully saturated rings. The molecule has 20 heavy (non-hydrogen) atoms. The van der Waals surface area contributed by atoms with Crippen LogP contribution in [0.1, 0.15) is 20.3 Å². The molecule has 2 N–H and O–H groups in total. The molecule has 1 aliphatic heterocycles. The Kier molecular flexibility index (Phi) is 4.22. The number of urea groups is 1. The van der Waals surface area contributed by atoms with Crippen molar-refractivity contribution >= 4 is 17.6 Å². The van der Waals surface area contributed by atoms with Gasteiger partial charge in [0, 0.05) is 24.7 Å². The molecule has 1 saturated heterocycles. The fourth-order valence-corrected chi connectivity index (χ4v) is 2.16. The summed E-state index contributed by atoms with van der Waals surface area (Å²) in [6, 6.07) is 5.28. The quantitative estimate of drug-likeness (QED) is 0.883. The number of nitrogens with one attached hydrogen (secondary N) is 2. The summed E-state index contributed by atoms with van der Waals surface area (Å²) in [4.78, 5) is 25.1. The van der Waals surface area contributed by atoms with Gasteiger partial charge in [-0.05, 0) is 38.1 Å². The summed E-state index contributed by atoms with van der Waals surface area (Å²) in [5.41, 5.74) is 0.643. The molecule has 0 spiro atoms. The van der Waals surface area contributed by atoms with Crippen LogP contribution in [0, 0.1) is 5.82 Å². The molecule has 1 aromatic carbocycles. The first-order chi connectivity index (χ1) is 9.45. The minimum atomic E-state index is -0.341. The van der Waals surface area contributed by atoms with Crippen molar-refractivity contribution in [1.82, 2.24) is 10.6 Å². The van der Waals surface area contributed by atoms with Crippen LogP contribution in [0.2, 0.25) is 0 Å². The number of amides is 3. The van der Waals surface area contributed by atoms with E-state index in [1.165, 1.54) is 12.1 Å². The summed E-state index contributed by atoms with van der Waals surface area (Å²) in [5, 5.41) is 5.48. The van der Waals surface area contributed by atoms with Crippen LogP contribution in [-0.2, 0) is 4.79 Å². The third-order valence-electron chi connectivity index (χ3n) is 3.02. The maximum atomic E-state index is 12.9. The first-order valence-electron chi connectivity index (χ1n) is 6.58. The Labute approximate surface area is 117 Å². The van der Waals surface area contributed by atoms with Crippen LogP contribution in [0.4, 0.5) is 14.9 Å². The maximum absolute atomic E-state index is 12.9. The molecule has 3 amide bonds. The second-order valence-electron chi connectivity index (χ2n) is 5.15. The predicted octanol–water partition coefficient (Wildman–Crippen LogP) is 1.64. The Morgan fingerprint density at radius 1 is 1.35 bits per heavy atom. The molecule has 0 saturated carbocycles. The third kappa shape index (κ3) is 3.46. The highest BCUT2D eigenvalue weighted by molar-refractivity contribution is 5.96. The molecule has 2 rings (SSSR count). The molecular formula is C14H18FN3O2. The number of benzene rings is 1. The van der Waals surface area contributed by atoms with Gasteiger partial charge in [-0.1, -0.05) is 0 Å². The topological polar surface area (TPSA) is 61.4 Å². The Morgan fingerprint density at radius 3 is 2.60 bits per heavy atom. The van der Waals surface area contributed by atoms with Gasteiger partial charge in [0.2, 0.25) is 5.91 Å². The van der Waals surface area contributed by atoms with E-state index in [-0.39, 0.29) is 36.3 Å². The second-order valence-corrected chi connectivity index (χ2v) is 5.15. The normalized spacial score (nSPS) is 18.5. The van der Waals surface area contributed by atoms with Crippen molar-refractivity contribution in [2.45, 2.75) is 32.4 Å². The summed E-state index contributed by atoms with van der Waals surface area (Å²) in [7, 11) is 0. The Balaban J connectivity index is 1.97. The minimum absolute atomic E-state index is 0.0420. The van der Waals surface area contributed by atoms with Gasteiger partial charge < -0.3 is 15.5 Å². The summed E-state index contributed by atoms with van der Waals surface area (Å²) < 4.78 is 12.9. The van der Waals surface area contributed by atoms with Crippen LogP contribution in [0.25, 0.3) is 0 Å². The first kappa shape index (κ1) is 14.3. The van der Waals surface area contributed by atoms with E-state index in [2.05, 4.69) is 10.6 Å². The number of rotatable bonds is 3. The highest BCUT2D eigenvalue weighted by Gasteiger charge is 2.31. The van der Waals surface area contributed by atoms with Crippen molar-refractivity contribution in [2.24, 2.45) is 0 Å². The monoisotopic (exact) mass is 279 g/mol. The van der Waals surface area contributed by atoms with Gasteiger partial charge in [-0.25, -0.2) is 9.18 Å². The number of nitrogens with zero attached hydrogens (tertiary/aromatic N) is 1. The summed E-state index contributed by atoms with van der Waals surface area (Å²) >= 11 is 0. The molecular weight excluding hydrogens is 261 g/mol. The molecule has 108 valence electrons. The lowest BCUT2D eigenvalue weighted by Gasteiger charge is -2.18. The van der Waals surface area contributed by atoms with Crippen LogP contribution in [0.5, 0.6) is 0 Å². The molecule has 1 aliphatic rings. The van der Waals surface area contributed by atoms with E-state index in [0.29, 0.717) is 12.2 Å². The van der Waals surface area contributed by atoms with Gasteiger partial charge in [0.15, 0.2) is 0 Å². The fourth-order valence-electron chi connectivity index (χ4n) is 2.16. The van der Waals surface area contributed by atoms with E-state index in [4.69, 9.17) is 0 Å². The molecule has 1 heterocycles. The van der Waals surface area contributed by atoms with E-state index < -0.39 is 0 Å². The highest BCUT2D eigenvalue weighted by Crippen LogP contribution is 2.21. The fraction of sp³-hybridized carbons (Fsp3) is 0.429. The molecule has 1 unspecified atom stereocenters. The van der Waals surface area contributed by atoms with Gasteiger partial charge in [-0.15, -0.1) is 0 Å². The van der Waals surface area contributed by atoms with Crippen LogP contribution in [-0.4, -0.2) is 30.6 Å². The van der Waals surface area contributed by atoms with E-state index >= 15 is 0 Å². The van der Waals surface area contributed by atoms with Crippen molar-refractivity contribution < 1.29 is 14.0 Å². The SMILES string of the molecule is CC(C)NC(=O)NC1CC(=O)N(c2ccc(F)cc2)C1. The van der Waals surface area contributed by atoms with Gasteiger partial charge in [0.1, 0.15) is 5.82 Å². The van der Waals surface area contributed by atoms with Gasteiger partial charge in [0.25, 0.3) is 0 Å². The molecule has 1 aromatic rings. The van der Waals surface area contributed by atoms with Crippen molar-refractivity contribution in [2.75, 3.05) is 11.4 Å². The Hall–Kier alpha value is -2.11. The zero-order chi connectivity index (χ0) is 14.7. The molecule has 6 heteroatoms. The van der Waals surface area contributed by atoms with E-state index in [1.54, 1.807) is 17.0 Å². The number of anilines is 1. The van der Waals surface area contributed by atoms with Crippen molar-refractivity contribution in [3.8, 4) is 0 Å². The number of hydrogen-bond acceptors (Lipinski definition) is 2. The number of halogens is 1. The lowest BCUT2D eigenvalue weighted by atomic mass is 10.2. The standard InChI is InChI=1S/C14H18FN3O2/c1-9(2)16-14(20)17-11-7-13(19)18(8-11)12-5-3-10(15)4-6-12/h3-6,9,11H,7-8H2,1-2H3,(H2,16,17,20). The Morgan fingerprint density at radius 2 is 2.00 bits per heavy atom. The number of hydrogen-bond donors (Lipinski definition) is 2. The summed E-state index contributed by atoms with van der Waals surface area (Å²) in [6.07, 6.45) is 0.253. The molecule has 1 atom stereocenters. The lowest BCUT2D eigenvalue weighted by Crippen LogP contribution is -2.45. The van der Waals surface area contributed by atoms with Crippen LogP contribution in [0.15, 0.2) is 24.3 Å². The van der Waals surface area contributed by atoms with Gasteiger partial charge in [-0.3, -0.25) is 4.79 Å². The predicted molar refractivity (Wildman–Crippen MR) is 74.0 cm³/mol. The van der Waals surface area contributed by atoms with Crippen molar-refractivity contribution in [3.63, 3.8) is 0 Å². The van der Waals surface area contributed by atoms with Crippen molar-refractivity contribution in [3.05, 3.63) is 30.1 Å². The highest BCUT2D eigenvalue weighted by atomic mass is 19.1. The second kappa shape index (κ2) is 5.90. The van der Waals surface area contributed by atoms with E-state index in [0.717, 1.165) is 0 Å². The largest absolute Gasteiger partial charge is 0.336 e. The Bertz CT molecular complexity index is 502. The molecule has 0 bridgehead atoms. The average Bonchev–Trinajstić information content (AvgIpc) is 2.70. The minimum Gasteiger partial charge on any atom is -0.336 e. The average molecular weight is 279 g/mol. The smallest absolute Gasteiger partial charge is 0.315 e. The van der Waals surface area contributed by atoms with Crippen LogP contribution < -0.4 is 15.5 Å². The molecule has 5 nitrogen and oxygen atoms in total. The molecule has 0 radical (unpaired) electrons. The van der Waals surface area contributed by atoms with Crippen molar-refractivity contribution in [1.29, 1.82) is 0 Å². The van der Waals surface area contributed by atoms with Gasteiger partial charge >= 0.3 is 6.03 Å².